The number of piperidine rings is 1. The lowest BCUT2D eigenvalue weighted by Crippen LogP contribution is -2.52. The van der Waals surface area contributed by atoms with Gasteiger partial charge < -0.3 is 24.6 Å². The molecular weight excluding hydrogens is 398 g/mol. The Morgan fingerprint density at radius 1 is 1.24 bits per heavy atom. The zero-order valence-electron chi connectivity index (χ0n) is 15.8. The molecule has 2 amide bonds. The van der Waals surface area contributed by atoms with Gasteiger partial charge in [0.15, 0.2) is 18.1 Å². The predicted octanol–water partition coefficient (Wildman–Crippen LogP) is 3.39. The molecule has 8 nitrogen and oxygen atoms in total. The average Bonchev–Trinajstić information content (AvgIpc) is 3.17. The van der Waals surface area contributed by atoms with Crippen molar-refractivity contribution >= 4 is 23.6 Å². The van der Waals surface area contributed by atoms with Crippen LogP contribution in [0.3, 0.4) is 0 Å². The van der Waals surface area contributed by atoms with Crippen LogP contribution in [0.5, 0.6) is 5.75 Å². The van der Waals surface area contributed by atoms with Crippen molar-refractivity contribution < 1.29 is 23.6 Å². The van der Waals surface area contributed by atoms with Gasteiger partial charge in [0.05, 0.1) is 6.10 Å². The molecule has 29 heavy (non-hydrogen) atoms. The van der Waals surface area contributed by atoms with Gasteiger partial charge in [0.1, 0.15) is 5.75 Å². The highest BCUT2D eigenvalue weighted by Gasteiger charge is 2.47. The number of benzene rings is 1. The SMILES string of the molecule is NC(=O)c1cc(COC(=O)N2CCC3(CC2)CC(Oc2ccc(Cl)cc2)C3)on1. The van der Waals surface area contributed by atoms with Crippen molar-refractivity contribution in [1.82, 2.24) is 10.1 Å². The fourth-order valence-corrected chi connectivity index (χ4v) is 4.11. The topological polar surface area (TPSA) is 108 Å². The third-order valence-electron chi connectivity index (χ3n) is 5.67. The molecule has 1 saturated carbocycles. The van der Waals surface area contributed by atoms with Crippen LogP contribution in [0.4, 0.5) is 4.79 Å². The lowest BCUT2D eigenvalue weighted by atomic mass is 9.61. The maximum absolute atomic E-state index is 12.3. The highest BCUT2D eigenvalue weighted by Crippen LogP contribution is 2.50. The first-order valence-electron chi connectivity index (χ1n) is 9.52. The summed E-state index contributed by atoms with van der Waals surface area (Å²) in [6.45, 7) is 1.21. The lowest BCUT2D eigenvalue weighted by molar-refractivity contribution is -0.0539. The highest BCUT2D eigenvalue weighted by molar-refractivity contribution is 6.30. The number of primary amides is 1. The monoisotopic (exact) mass is 419 g/mol. The van der Waals surface area contributed by atoms with E-state index in [0.29, 0.717) is 18.1 Å². The van der Waals surface area contributed by atoms with Crippen molar-refractivity contribution in [2.24, 2.45) is 11.1 Å². The Bertz CT molecular complexity index is 882. The Kier molecular flexibility index (Phi) is 5.36. The summed E-state index contributed by atoms with van der Waals surface area (Å²) in [6.07, 6.45) is 3.65. The summed E-state index contributed by atoms with van der Waals surface area (Å²) in [5.74, 6) is 0.426. The molecule has 9 heteroatoms. The van der Waals surface area contributed by atoms with Crippen molar-refractivity contribution in [2.75, 3.05) is 13.1 Å². The Morgan fingerprint density at radius 2 is 1.93 bits per heavy atom. The lowest BCUT2D eigenvalue weighted by Gasteiger charge is -2.51. The molecule has 1 saturated heterocycles. The van der Waals surface area contributed by atoms with Crippen LogP contribution in [0, 0.1) is 5.41 Å². The van der Waals surface area contributed by atoms with Crippen molar-refractivity contribution in [1.29, 1.82) is 0 Å². The molecule has 154 valence electrons. The van der Waals surface area contributed by atoms with Gasteiger partial charge in [0.2, 0.25) is 0 Å². The number of carbonyl (C=O) groups excluding carboxylic acids is 2. The van der Waals surface area contributed by atoms with E-state index >= 15 is 0 Å². The molecule has 4 rings (SSSR count). The fourth-order valence-electron chi connectivity index (χ4n) is 3.99. The van der Waals surface area contributed by atoms with Gasteiger partial charge in [-0.15, -0.1) is 0 Å². The summed E-state index contributed by atoms with van der Waals surface area (Å²) in [5, 5.41) is 4.21. The van der Waals surface area contributed by atoms with Gasteiger partial charge in [0, 0.05) is 24.2 Å². The third-order valence-corrected chi connectivity index (χ3v) is 5.92. The summed E-state index contributed by atoms with van der Waals surface area (Å²) < 4.78 is 16.2. The number of nitrogens with zero attached hydrogens (tertiary/aromatic N) is 2. The van der Waals surface area contributed by atoms with E-state index in [1.165, 1.54) is 6.07 Å². The van der Waals surface area contributed by atoms with Gasteiger partial charge in [-0.2, -0.15) is 0 Å². The quantitative estimate of drug-likeness (QED) is 0.795. The second-order valence-corrected chi connectivity index (χ2v) is 8.12. The van der Waals surface area contributed by atoms with Gasteiger partial charge in [-0.3, -0.25) is 4.79 Å². The number of likely N-dealkylation sites (tertiary alicyclic amines) is 1. The number of aromatic nitrogens is 1. The van der Waals surface area contributed by atoms with Gasteiger partial charge in [0.25, 0.3) is 5.91 Å². The van der Waals surface area contributed by atoms with E-state index in [1.807, 2.05) is 24.3 Å². The number of carbonyl (C=O) groups is 2. The van der Waals surface area contributed by atoms with Gasteiger partial charge in [-0.1, -0.05) is 16.8 Å². The normalized spacial score (nSPS) is 18.3. The van der Waals surface area contributed by atoms with E-state index in [-0.39, 0.29) is 29.6 Å². The minimum Gasteiger partial charge on any atom is -0.490 e. The smallest absolute Gasteiger partial charge is 0.410 e. The van der Waals surface area contributed by atoms with E-state index in [1.54, 1.807) is 4.90 Å². The zero-order valence-corrected chi connectivity index (χ0v) is 16.6. The van der Waals surface area contributed by atoms with Crippen molar-refractivity contribution in [2.45, 2.75) is 38.4 Å². The van der Waals surface area contributed by atoms with Crippen LogP contribution in [0.15, 0.2) is 34.9 Å². The first-order chi connectivity index (χ1) is 13.9. The highest BCUT2D eigenvalue weighted by atomic mass is 35.5. The largest absolute Gasteiger partial charge is 0.490 e. The standard InChI is InChI=1S/C20H22ClN3O5/c21-13-1-3-14(4-2-13)28-16-10-20(11-16)5-7-24(8-6-20)19(26)27-12-15-9-17(18(22)25)23-29-15/h1-4,9,16H,5-8,10-12H2,(H2,22,25). The summed E-state index contributed by atoms with van der Waals surface area (Å²) in [7, 11) is 0. The molecule has 0 bridgehead atoms. The fraction of sp³-hybridized carbons (Fsp3) is 0.450. The molecule has 2 heterocycles. The van der Waals surface area contributed by atoms with Gasteiger partial charge in [-0.05, 0) is 55.4 Å². The van der Waals surface area contributed by atoms with Crippen LogP contribution < -0.4 is 10.5 Å². The molecule has 2 N–H and O–H groups in total. The number of ether oxygens (including phenoxy) is 2. The third kappa shape index (κ3) is 4.48. The number of rotatable bonds is 5. The van der Waals surface area contributed by atoms with Crippen LogP contribution in [-0.2, 0) is 11.3 Å². The molecule has 2 aromatic rings. The Hall–Kier alpha value is -2.74. The van der Waals surface area contributed by atoms with E-state index in [9.17, 15) is 9.59 Å². The van der Waals surface area contributed by atoms with E-state index < -0.39 is 12.0 Å². The van der Waals surface area contributed by atoms with E-state index in [0.717, 1.165) is 31.4 Å². The van der Waals surface area contributed by atoms with Crippen molar-refractivity contribution in [3.63, 3.8) is 0 Å². The molecule has 0 unspecified atom stereocenters. The van der Waals surface area contributed by atoms with Crippen LogP contribution in [-0.4, -0.2) is 41.3 Å². The molecule has 1 aromatic carbocycles. The predicted molar refractivity (Wildman–Crippen MR) is 104 cm³/mol. The van der Waals surface area contributed by atoms with Crippen molar-refractivity contribution in [3.05, 3.63) is 46.8 Å². The second kappa shape index (κ2) is 7.94. The average molecular weight is 420 g/mol. The molecular formula is C20H22ClN3O5. The summed E-state index contributed by atoms with van der Waals surface area (Å²) in [5.41, 5.74) is 5.37. The minimum atomic E-state index is -0.688. The molecule has 1 spiro atoms. The van der Waals surface area contributed by atoms with E-state index in [2.05, 4.69) is 5.16 Å². The number of hydrogen-bond acceptors (Lipinski definition) is 6. The zero-order chi connectivity index (χ0) is 20.4. The summed E-state index contributed by atoms with van der Waals surface area (Å²) in [4.78, 5) is 25.0. The van der Waals surface area contributed by atoms with Gasteiger partial charge >= 0.3 is 6.09 Å². The van der Waals surface area contributed by atoms with E-state index in [4.69, 9.17) is 31.3 Å². The van der Waals surface area contributed by atoms with Crippen molar-refractivity contribution in [3.8, 4) is 5.75 Å². The Morgan fingerprint density at radius 3 is 2.55 bits per heavy atom. The van der Waals surface area contributed by atoms with Crippen LogP contribution in [0.25, 0.3) is 0 Å². The Balaban J connectivity index is 1.20. The number of amides is 2. The summed E-state index contributed by atoms with van der Waals surface area (Å²) in [6, 6.07) is 8.78. The number of hydrogen-bond donors (Lipinski definition) is 1. The maximum atomic E-state index is 12.3. The number of halogens is 1. The molecule has 1 aliphatic carbocycles. The van der Waals surface area contributed by atoms with Crippen LogP contribution >= 0.6 is 11.6 Å². The maximum Gasteiger partial charge on any atom is 0.410 e. The second-order valence-electron chi connectivity index (χ2n) is 7.69. The molecule has 0 radical (unpaired) electrons. The van der Waals surface area contributed by atoms with Gasteiger partial charge in [-0.25, -0.2) is 4.79 Å². The molecule has 1 aromatic heterocycles. The number of nitrogens with two attached hydrogens (primary N) is 1. The molecule has 2 fully saturated rings. The van der Waals surface area contributed by atoms with Crippen LogP contribution in [0.1, 0.15) is 41.9 Å². The van der Waals surface area contributed by atoms with Crippen LogP contribution in [0.2, 0.25) is 5.02 Å². The molecule has 2 aliphatic rings. The first-order valence-corrected chi connectivity index (χ1v) is 9.90. The molecule has 0 atom stereocenters. The summed E-state index contributed by atoms with van der Waals surface area (Å²) >= 11 is 5.90. The minimum absolute atomic E-state index is 0.0105. The first kappa shape index (κ1) is 19.6. The Labute approximate surface area is 172 Å². The molecule has 1 aliphatic heterocycles.